The Balaban J connectivity index is 0.00000280. The fourth-order valence-corrected chi connectivity index (χ4v) is 2.70. The van der Waals surface area contributed by atoms with E-state index in [2.05, 4.69) is 20.6 Å². The van der Waals surface area contributed by atoms with E-state index in [0.717, 1.165) is 6.07 Å². The van der Waals surface area contributed by atoms with E-state index in [-0.39, 0.29) is 75.4 Å². The zero-order chi connectivity index (χ0) is 19.7. The maximum atomic E-state index is 12.4. The Labute approximate surface area is 183 Å². The van der Waals surface area contributed by atoms with Gasteiger partial charge in [0.1, 0.15) is 11.3 Å². The number of aryl methyl sites for hydroxylation is 1. The second-order valence-electron chi connectivity index (χ2n) is 6.29. The SMILES string of the molecule is CCNC(=O)c1noc(-c2cc(C(C)C)c([O-])cc2O)c1-c1noc(C)n1.[Na+]. The van der Waals surface area contributed by atoms with Crippen LogP contribution in [0, 0.1) is 6.92 Å². The molecule has 0 fully saturated rings. The number of nitrogens with one attached hydrogen (secondary N) is 1. The van der Waals surface area contributed by atoms with Crippen LogP contribution in [0.5, 0.6) is 11.5 Å². The molecular weight excluding hydrogens is 375 g/mol. The molecule has 142 valence electrons. The third kappa shape index (κ3) is 4.06. The summed E-state index contributed by atoms with van der Waals surface area (Å²) in [4.78, 5) is 16.5. The fourth-order valence-electron chi connectivity index (χ4n) is 2.70. The third-order valence-corrected chi connectivity index (χ3v) is 3.99. The predicted octanol–water partition coefficient (Wildman–Crippen LogP) is -0.644. The zero-order valence-corrected chi connectivity index (χ0v) is 18.4. The largest absolute Gasteiger partial charge is 1.00 e. The number of aromatic nitrogens is 3. The molecule has 3 rings (SSSR count). The zero-order valence-electron chi connectivity index (χ0n) is 16.4. The molecule has 1 amide bonds. The van der Waals surface area contributed by atoms with Crippen molar-refractivity contribution < 1.29 is 53.6 Å². The summed E-state index contributed by atoms with van der Waals surface area (Å²) in [7, 11) is 0. The number of hydrogen-bond donors (Lipinski definition) is 2. The molecule has 2 N–H and O–H groups in total. The van der Waals surface area contributed by atoms with Crippen LogP contribution in [0.3, 0.4) is 0 Å². The van der Waals surface area contributed by atoms with Gasteiger partial charge in [0.2, 0.25) is 11.7 Å². The third-order valence-electron chi connectivity index (χ3n) is 3.99. The number of carbonyl (C=O) groups excluding carboxylic acids is 1. The molecule has 0 spiro atoms. The maximum absolute atomic E-state index is 12.4. The molecule has 2 heterocycles. The minimum atomic E-state index is -0.478. The molecule has 0 aliphatic carbocycles. The van der Waals surface area contributed by atoms with E-state index in [4.69, 9.17) is 9.05 Å². The predicted molar refractivity (Wildman–Crippen MR) is 93.2 cm³/mol. The van der Waals surface area contributed by atoms with E-state index in [9.17, 15) is 15.0 Å². The van der Waals surface area contributed by atoms with Crippen LogP contribution in [0.15, 0.2) is 21.2 Å². The molecule has 2 aromatic heterocycles. The second-order valence-corrected chi connectivity index (χ2v) is 6.29. The number of amides is 1. The number of phenols is 1. The van der Waals surface area contributed by atoms with E-state index < -0.39 is 5.91 Å². The number of aromatic hydroxyl groups is 1. The van der Waals surface area contributed by atoms with Gasteiger partial charge in [-0.25, -0.2) is 0 Å². The molecule has 9 nitrogen and oxygen atoms in total. The van der Waals surface area contributed by atoms with Crippen molar-refractivity contribution in [1.82, 2.24) is 20.6 Å². The molecule has 0 aliphatic heterocycles. The Hall–Kier alpha value is -2.36. The molecule has 28 heavy (non-hydrogen) atoms. The molecule has 0 saturated heterocycles. The quantitative estimate of drug-likeness (QED) is 0.545. The summed E-state index contributed by atoms with van der Waals surface area (Å²) in [6.07, 6.45) is 0. The Morgan fingerprint density at radius 1 is 1.29 bits per heavy atom. The summed E-state index contributed by atoms with van der Waals surface area (Å²) in [5, 5.41) is 32.8. The number of benzene rings is 1. The number of hydrogen-bond acceptors (Lipinski definition) is 8. The maximum Gasteiger partial charge on any atom is 1.00 e. The summed E-state index contributed by atoms with van der Waals surface area (Å²) >= 11 is 0. The van der Waals surface area contributed by atoms with Gasteiger partial charge in [-0.15, -0.1) is 5.75 Å². The van der Waals surface area contributed by atoms with Crippen molar-refractivity contribution in [2.45, 2.75) is 33.6 Å². The first-order chi connectivity index (χ1) is 12.8. The molecule has 3 aromatic rings. The van der Waals surface area contributed by atoms with Gasteiger partial charge >= 0.3 is 29.6 Å². The van der Waals surface area contributed by atoms with Gasteiger partial charge in [0.25, 0.3) is 5.91 Å². The summed E-state index contributed by atoms with van der Waals surface area (Å²) < 4.78 is 10.4. The van der Waals surface area contributed by atoms with Crippen molar-refractivity contribution in [1.29, 1.82) is 0 Å². The molecule has 1 aromatic carbocycles. The Morgan fingerprint density at radius 2 is 2.00 bits per heavy atom. The molecule has 0 unspecified atom stereocenters. The minimum absolute atomic E-state index is 0. The first-order valence-corrected chi connectivity index (χ1v) is 8.46. The molecule has 0 bridgehead atoms. The van der Waals surface area contributed by atoms with Crippen LogP contribution < -0.4 is 40.0 Å². The molecule has 10 heteroatoms. The fraction of sp³-hybridized carbons (Fsp3) is 0.333. The van der Waals surface area contributed by atoms with Crippen LogP contribution in [0.4, 0.5) is 0 Å². The van der Waals surface area contributed by atoms with Crippen molar-refractivity contribution in [3.05, 3.63) is 29.3 Å². The van der Waals surface area contributed by atoms with Crippen LogP contribution in [-0.4, -0.2) is 32.9 Å². The topological polar surface area (TPSA) is 137 Å². The van der Waals surface area contributed by atoms with Crippen LogP contribution in [0.2, 0.25) is 0 Å². The Morgan fingerprint density at radius 3 is 2.57 bits per heavy atom. The van der Waals surface area contributed by atoms with Crippen LogP contribution in [0.1, 0.15) is 48.6 Å². The average Bonchev–Trinajstić information content (AvgIpc) is 3.20. The molecular formula is C18H19N4NaO5. The number of phenolic OH excluding ortho intramolecular Hbond substituents is 1. The van der Waals surface area contributed by atoms with E-state index in [0.29, 0.717) is 18.0 Å². The van der Waals surface area contributed by atoms with Gasteiger partial charge in [0, 0.05) is 13.5 Å². The number of rotatable bonds is 5. The van der Waals surface area contributed by atoms with Gasteiger partial charge in [0.05, 0.1) is 5.56 Å². The molecule has 0 saturated carbocycles. The van der Waals surface area contributed by atoms with Gasteiger partial charge in [-0.2, -0.15) is 4.98 Å². The normalized spacial score (nSPS) is 10.8. The number of nitrogens with zero attached hydrogens (tertiary/aromatic N) is 3. The number of carbonyl (C=O) groups is 1. The van der Waals surface area contributed by atoms with Gasteiger partial charge in [-0.1, -0.05) is 29.7 Å². The minimum Gasteiger partial charge on any atom is -0.872 e. The van der Waals surface area contributed by atoms with E-state index in [1.165, 1.54) is 6.07 Å². The molecule has 0 aliphatic rings. The van der Waals surface area contributed by atoms with Gasteiger partial charge in [-0.05, 0) is 25.0 Å². The summed E-state index contributed by atoms with van der Waals surface area (Å²) in [6, 6.07) is 2.64. The standard InChI is InChI=1S/C18H20N4O5.Na/c1-5-19-18(25)15-14(17-20-9(4)26-22-17)16(27-21-15)11-6-10(8(2)3)12(23)7-13(11)24;/h6-8,23-24H,5H2,1-4H3,(H,19,25);/q;+1/p-1. The Kier molecular flexibility index (Phi) is 6.87. The van der Waals surface area contributed by atoms with Gasteiger partial charge in [0.15, 0.2) is 11.5 Å². The Bertz CT molecular complexity index is 996. The van der Waals surface area contributed by atoms with E-state index in [1.54, 1.807) is 13.8 Å². The summed E-state index contributed by atoms with van der Waals surface area (Å²) in [6.45, 7) is 7.49. The first-order valence-electron chi connectivity index (χ1n) is 8.46. The van der Waals surface area contributed by atoms with Gasteiger partial charge < -0.3 is 24.6 Å². The monoisotopic (exact) mass is 394 g/mol. The molecule has 0 radical (unpaired) electrons. The second kappa shape index (κ2) is 8.76. The van der Waals surface area contributed by atoms with Crippen molar-refractivity contribution in [3.63, 3.8) is 0 Å². The van der Waals surface area contributed by atoms with Crippen molar-refractivity contribution in [2.24, 2.45) is 0 Å². The first kappa shape index (κ1) is 21.9. The van der Waals surface area contributed by atoms with Gasteiger partial charge in [-0.3, -0.25) is 4.79 Å². The molecule has 0 atom stereocenters. The van der Waals surface area contributed by atoms with Crippen LogP contribution in [0.25, 0.3) is 22.7 Å². The van der Waals surface area contributed by atoms with Crippen molar-refractivity contribution >= 4 is 5.91 Å². The van der Waals surface area contributed by atoms with Crippen molar-refractivity contribution in [3.8, 4) is 34.2 Å². The van der Waals surface area contributed by atoms with Crippen LogP contribution >= 0.6 is 0 Å². The summed E-state index contributed by atoms with van der Waals surface area (Å²) in [5.74, 6) is -0.650. The average molecular weight is 394 g/mol. The smallest absolute Gasteiger partial charge is 0.872 e. The van der Waals surface area contributed by atoms with E-state index in [1.807, 2.05) is 13.8 Å². The van der Waals surface area contributed by atoms with Crippen molar-refractivity contribution in [2.75, 3.05) is 6.54 Å². The van der Waals surface area contributed by atoms with E-state index >= 15 is 0 Å². The summed E-state index contributed by atoms with van der Waals surface area (Å²) in [5.41, 5.74) is 0.860. The van der Waals surface area contributed by atoms with Crippen LogP contribution in [-0.2, 0) is 0 Å².